The van der Waals surface area contributed by atoms with Crippen LogP contribution in [0.2, 0.25) is 0 Å². The van der Waals surface area contributed by atoms with Gasteiger partial charge in [-0.05, 0) is 25.3 Å². The Kier molecular flexibility index (Phi) is 2.26. The van der Waals surface area contributed by atoms with Gasteiger partial charge in [0.15, 0.2) is 0 Å². The minimum absolute atomic E-state index is 0.119. The first kappa shape index (κ1) is 10.2. The van der Waals surface area contributed by atoms with Crippen LogP contribution < -0.4 is 0 Å². The molecule has 0 spiro atoms. The van der Waals surface area contributed by atoms with E-state index in [1.807, 2.05) is 31.4 Å². The summed E-state index contributed by atoms with van der Waals surface area (Å²) in [6.45, 7) is 5.11. The Bertz CT molecular complexity index is 409. The Labute approximate surface area is 92.2 Å². The number of thiophene rings is 1. The first-order chi connectivity index (χ1) is 7.00. The topological polar surface area (TPSA) is 41.9 Å². The smallest absolute Gasteiger partial charge is 0.251 e. The van der Waals surface area contributed by atoms with Crippen LogP contribution in [0.1, 0.15) is 25.6 Å². The summed E-state index contributed by atoms with van der Waals surface area (Å²) < 4.78 is 5.63. The average Bonchev–Trinajstić information content (AvgIpc) is 2.69. The maximum atomic E-state index is 11.3. The molecule has 0 saturated carbocycles. The van der Waals surface area contributed by atoms with Gasteiger partial charge in [0.1, 0.15) is 0 Å². The molecule has 0 saturated heterocycles. The number of hydrogen-bond acceptors (Lipinski definition) is 4. The zero-order valence-electron chi connectivity index (χ0n) is 8.85. The zero-order chi connectivity index (χ0) is 11.1. The first-order valence-electron chi connectivity index (χ1n) is 4.63. The van der Waals surface area contributed by atoms with Gasteiger partial charge in [-0.3, -0.25) is 4.79 Å². The second-order valence-corrected chi connectivity index (χ2v) is 4.71. The van der Waals surface area contributed by atoms with Crippen molar-refractivity contribution in [2.24, 2.45) is 5.10 Å². The predicted octanol–water partition coefficient (Wildman–Crippen LogP) is 2.02. The Balaban J connectivity index is 2.32. The van der Waals surface area contributed by atoms with E-state index < -0.39 is 5.72 Å². The second-order valence-electron chi connectivity index (χ2n) is 3.76. The first-order valence-corrected chi connectivity index (χ1v) is 5.51. The van der Waals surface area contributed by atoms with Crippen molar-refractivity contribution in [3.8, 4) is 0 Å². The van der Waals surface area contributed by atoms with E-state index in [1.165, 1.54) is 11.9 Å². The van der Waals surface area contributed by atoms with Gasteiger partial charge in [0, 0.05) is 6.92 Å². The molecule has 15 heavy (non-hydrogen) atoms. The fourth-order valence-corrected chi connectivity index (χ4v) is 2.11. The third-order valence-electron chi connectivity index (χ3n) is 2.08. The van der Waals surface area contributed by atoms with Crippen LogP contribution in [-0.4, -0.2) is 22.5 Å². The SMILES string of the molecule is CC(=O)N1N=C(c2cccs2)OC1(C)C. The van der Waals surface area contributed by atoms with Crippen molar-refractivity contribution in [1.82, 2.24) is 5.01 Å². The molecule has 2 heterocycles. The number of carbonyl (C=O) groups is 1. The van der Waals surface area contributed by atoms with Gasteiger partial charge < -0.3 is 4.74 Å². The van der Waals surface area contributed by atoms with Crippen molar-refractivity contribution in [3.63, 3.8) is 0 Å². The molecule has 0 unspecified atom stereocenters. The highest BCUT2D eigenvalue weighted by molar-refractivity contribution is 7.12. The van der Waals surface area contributed by atoms with E-state index in [-0.39, 0.29) is 5.91 Å². The summed E-state index contributed by atoms with van der Waals surface area (Å²) in [5.74, 6) is 0.400. The Morgan fingerprint density at radius 2 is 2.33 bits per heavy atom. The molecule has 4 nitrogen and oxygen atoms in total. The third kappa shape index (κ3) is 1.74. The van der Waals surface area contributed by atoms with Gasteiger partial charge in [0.25, 0.3) is 5.90 Å². The van der Waals surface area contributed by atoms with Crippen LogP contribution in [0.3, 0.4) is 0 Å². The lowest BCUT2D eigenvalue weighted by Crippen LogP contribution is -2.41. The molecule has 5 heteroatoms. The quantitative estimate of drug-likeness (QED) is 0.732. The summed E-state index contributed by atoms with van der Waals surface area (Å²) in [6, 6.07) is 3.85. The van der Waals surface area contributed by atoms with E-state index in [4.69, 9.17) is 4.74 Å². The highest BCUT2D eigenvalue weighted by Gasteiger charge is 2.39. The molecule has 0 fully saturated rings. The molecule has 1 aliphatic rings. The number of amides is 1. The van der Waals surface area contributed by atoms with Gasteiger partial charge in [0.2, 0.25) is 11.6 Å². The van der Waals surface area contributed by atoms with Crippen LogP contribution in [-0.2, 0) is 9.53 Å². The molecule has 1 aromatic heterocycles. The van der Waals surface area contributed by atoms with Gasteiger partial charge in [-0.25, -0.2) is 0 Å². The Morgan fingerprint density at radius 3 is 2.80 bits per heavy atom. The van der Waals surface area contributed by atoms with E-state index in [0.717, 1.165) is 4.88 Å². The molecule has 0 radical (unpaired) electrons. The maximum Gasteiger partial charge on any atom is 0.251 e. The van der Waals surface area contributed by atoms with Gasteiger partial charge in [-0.1, -0.05) is 6.07 Å². The fourth-order valence-electron chi connectivity index (χ4n) is 1.46. The number of hydrogen-bond donors (Lipinski definition) is 0. The molecular formula is C10H12N2O2S. The standard InChI is InChI=1S/C10H12N2O2S/c1-7(13)12-10(2,3)14-9(11-12)8-5-4-6-15-8/h4-6H,1-3H3. The minimum Gasteiger partial charge on any atom is -0.447 e. The van der Waals surface area contributed by atoms with E-state index in [0.29, 0.717) is 5.90 Å². The summed E-state index contributed by atoms with van der Waals surface area (Å²) >= 11 is 1.54. The molecular weight excluding hydrogens is 212 g/mol. The molecule has 0 bridgehead atoms. The predicted molar refractivity (Wildman–Crippen MR) is 58.5 cm³/mol. The van der Waals surface area contributed by atoms with Crippen molar-refractivity contribution in [3.05, 3.63) is 22.4 Å². The molecule has 0 atom stereocenters. The molecule has 80 valence electrons. The molecule has 1 aliphatic heterocycles. The molecule has 0 N–H and O–H groups in total. The lowest BCUT2D eigenvalue weighted by atomic mass is 10.3. The monoisotopic (exact) mass is 224 g/mol. The van der Waals surface area contributed by atoms with Gasteiger partial charge in [0.05, 0.1) is 4.88 Å². The summed E-state index contributed by atoms with van der Waals surface area (Å²) in [6.07, 6.45) is 0. The van der Waals surface area contributed by atoms with Gasteiger partial charge in [-0.15, -0.1) is 16.4 Å². The molecule has 0 aliphatic carbocycles. The van der Waals surface area contributed by atoms with Crippen LogP contribution >= 0.6 is 11.3 Å². The largest absolute Gasteiger partial charge is 0.447 e. The van der Waals surface area contributed by atoms with Crippen molar-refractivity contribution < 1.29 is 9.53 Å². The third-order valence-corrected chi connectivity index (χ3v) is 2.94. The molecule has 2 rings (SSSR count). The average molecular weight is 224 g/mol. The number of hydrazone groups is 1. The highest BCUT2D eigenvalue weighted by Crippen LogP contribution is 2.27. The van der Waals surface area contributed by atoms with Crippen LogP contribution in [0, 0.1) is 0 Å². The van der Waals surface area contributed by atoms with Crippen LogP contribution in [0.15, 0.2) is 22.6 Å². The minimum atomic E-state index is -0.689. The number of carbonyl (C=O) groups excluding carboxylic acids is 1. The van der Waals surface area contributed by atoms with Crippen molar-refractivity contribution in [2.75, 3.05) is 0 Å². The van der Waals surface area contributed by atoms with Crippen molar-refractivity contribution >= 4 is 23.1 Å². The molecule has 1 amide bonds. The summed E-state index contributed by atoms with van der Waals surface area (Å²) in [4.78, 5) is 12.3. The lowest BCUT2D eigenvalue weighted by molar-refractivity contribution is -0.142. The molecule has 0 aromatic carbocycles. The Hall–Kier alpha value is -1.36. The van der Waals surface area contributed by atoms with Crippen molar-refractivity contribution in [2.45, 2.75) is 26.5 Å². The molecule has 1 aromatic rings. The Morgan fingerprint density at radius 1 is 1.60 bits per heavy atom. The van der Waals surface area contributed by atoms with Gasteiger partial charge >= 0.3 is 0 Å². The van der Waals surface area contributed by atoms with Gasteiger partial charge in [-0.2, -0.15) is 5.01 Å². The second kappa shape index (κ2) is 3.34. The number of rotatable bonds is 1. The van der Waals surface area contributed by atoms with Crippen LogP contribution in [0.5, 0.6) is 0 Å². The number of ether oxygens (including phenoxy) is 1. The lowest BCUT2D eigenvalue weighted by Gasteiger charge is -2.25. The maximum absolute atomic E-state index is 11.3. The van der Waals surface area contributed by atoms with E-state index in [2.05, 4.69) is 5.10 Å². The van der Waals surface area contributed by atoms with Crippen molar-refractivity contribution in [1.29, 1.82) is 0 Å². The highest BCUT2D eigenvalue weighted by atomic mass is 32.1. The summed E-state index contributed by atoms with van der Waals surface area (Å²) in [5.41, 5.74) is -0.689. The normalized spacial score (nSPS) is 18.6. The van der Waals surface area contributed by atoms with Crippen LogP contribution in [0.25, 0.3) is 0 Å². The summed E-state index contributed by atoms with van der Waals surface area (Å²) in [7, 11) is 0. The zero-order valence-corrected chi connectivity index (χ0v) is 9.67. The fraction of sp³-hybridized carbons (Fsp3) is 0.400. The summed E-state index contributed by atoms with van der Waals surface area (Å²) in [5, 5.41) is 7.48. The van der Waals surface area contributed by atoms with E-state index >= 15 is 0 Å². The van der Waals surface area contributed by atoms with E-state index in [1.54, 1.807) is 11.3 Å². The number of nitrogens with zero attached hydrogens (tertiary/aromatic N) is 2. The van der Waals surface area contributed by atoms with Crippen LogP contribution in [0.4, 0.5) is 0 Å². The van der Waals surface area contributed by atoms with E-state index in [9.17, 15) is 4.79 Å².